The van der Waals surface area contributed by atoms with Gasteiger partial charge in [-0.2, -0.15) is 0 Å². The lowest BCUT2D eigenvalue weighted by Crippen LogP contribution is -2.56. The van der Waals surface area contributed by atoms with Crippen LogP contribution in [0, 0.1) is 39.4 Å². The molecular formula is C47H64O9. The molecule has 4 fully saturated rings. The van der Waals surface area contributed by atoms with E-state index in [0.717, 1.165) is 30.4 Å². The van der Waals surface area contributed by atoms with E-state index in [1.807, 2.05) is 63.2 Å². The summed E-state index contributed by atoms with van der Waals surface area (Å²) in [6.07, 6.45) is 4.45. The second-order valence-electron chi connectivity index (χ2n) is 20.0. The Kier molecular flexibility index (Phi) is 11.0. The zero-order valence-corrected chi connectivity index (χ0v) is 35.2. The van der Waals surface area contributed by atoms with Crippen LogP contribution in [0.4, 0.5) is 0 Å². The van der Waals surface area contributed by atoms with Crippen LogP contribution in [0.5, 0.6) is 5.75 Å². The molecule has 8 unspecified atom stereocenters. The van der Waals surface area contributed by atoms with Crippen LogP contribution in [-0.4, -0.2) is 46.8 Å². The van der Waals surface area contributed by atoms with Crippen molar-refractivity contribution < 1.29 is 43.2 Å². The number of esters is 4. The minimum absolute atomic E-state index is 0.0122. The molecule has 2 aromatic rings. The third-order valence-corrected chi connectivity index (χ3v) is 14.7. The second kappa shape index (κ2) is 14.8. The van der Waals surface area contributed by atoms with Gasteiger partial charge in [0.1, 0.15) is 29.2 Å². The van der Waals surface area contributed by atoms with E-state index >= 15 is 9.59 Å². The van der Waals surface area contributed by atoms with Gasteiger partial charge in [-0.3, -0.25) is 19.2 Å². The van der Waals surface area contributed by atoms with E-state index in [0.29, 0.717) is 32.1 Å². The van der Waals surface area contributed by atoms with Crippen molar-refractivity contribution in [3.8, 4) is 5.75 Å². The molecule has 1 heterocycles. The zero-order valence-electron chi connectivity index (χ0n) is 35.2. The van der Waals surface area contributed by atoms with Gasteiger partial charge in [0.25, 0.3) is 0 Å². The van der Waals surface area contributed by atoms with Crippen LogP contribution in [0.25, 0.3) is 0 Å². The van der Waals surface area contributed by atoms with Crippen molar-refractivity contribution in [3.63, 3.8) is 0 Å². The molecule has 8 atom stereocenters. The third-order valence-electron chi connectivity index (χ3n) is 14.7. The number of fused-ring (bicyclic) bond motifs is 1. The van der Waals surface area contributed by atoms with Crippen molar-refractivity contribution in [2.45, 2.75) is 156 Å². The number of ether oxygens (including phenoxy) is 4. The predicted molar refractivity (Wildman–Crippen MR) is 212 cm³/mol. The molecule has 9 nitrogen and oxygen atoms in total. The number of carbonyl (C=O) groups is 4. The van der Waals surface area contributed by atoms with Crippen molar-refractivity contribution in [1.82, 2.24) is 0 Å². The fraction of sp³-hybridized carbons (Fsp3) is 0.660. The Bertz CT molecular complexity index is 1780. The predicted octanol–water partition coefficient (Wildman–Crippen LogP) is 9.58. The number of phenols is 1. The van der Waals surface area contributed by atoms with Gasteiger partial charge in [0, 0.05) is 17.3 Å². The summed E-state index contributed by atoms with van der Waals surface area (Å²) in [6.45, 7) is 19.1. The maximum absolute atomic E-state index is 15.3. The Morgan fingerprint density at radius 1 is 0.857 bits per heavy atom. The largest absolute Gasteiger partial charge is 0.508 e. The molecule has 6 rings (SSSR count). The zero-order chi connectivity index (χ0) is 41.1. The van der Waals surface area contributed by atoms with Crippen LogP contribution in [0.3, 0.4) is 0 Å². The van der Waals surface area contributed by atoms with Crippen LogP contribution < -0.4 is 0 Å². The quantitative estimate of drug-likeness (QED) is 0.148. The SMILES string of the molecule is CCC(CC(C)(CC(C)(C(=O)OC1(C(C)(C)C)CCCC1)C(C)(C)C(=O)OC1C2CC3C(=O)OC1C3C2)C(=O)OC(C)(C)c1ccccc1)c1ccc(O)cc1. The van der Waals surface area contributed by atoms with E-state index in [4.69, 9.17) is 18.9 Å². The van der Waals surface area contributed by atoms with Gasteiger partial charge in [0.05, 0.1) is 22.2 Å². The van der Waals surface area contributed by atoms with E-state index < -0.39 is 57.6 Å². The number of phenolic OH excluding ortho intramolecular Hbond substituents is 1. The molecule has 4 aliphatic rings. The van der Waals surface area contributed by atoms with Gasteiger partial charge in [0.15, 0.2) is 0 Å². The van der Waals surface area contributed by atoms with Crippen molar-refractivity contribution in [1.29, 1.82) is 0 Å². The van der Waals surface area contributed by atoms with Gasteiger partial charge in [-0.05, 0) is 129 Å². The number of hydrogen-bond donors (Lipinski definition) is 1. The summed E-state index contributed by atoms with van der Waals surface area (Å²) in [7, 11) is 0. The molecule has 0 spiro atoms. The van der Waals surface area contributed by atoms with Gasteiger partial charge in [-0.15, -0.1) is 0 Å². The standard InChI is InChI=1S/C47H64O9/c1-11-29(30-19-21-33(48)22-20-30)27-45(9,40(51)55-44(7,8)32-17-13-12-14-18-32)28-46(10,41(52)56-47(42(2,3)4)23-15-16-24-47)43(5,6)39(50)54-36-31-25-34-35(26-31)38(49)53-37(34)36/h12-14,17-22,29,31,34-37,48H,11,15-16,23-28H2,1-10H3. The molecule has 1 N–H and O–H groups in total. The van der Waals surface area contributed by atoms with Crippen LogP contribution in [0.2, 0.25) is 0 Å². The fourth-order valence-corrected chi connectivity index (χ4v) is 10.4. The van der Waals surface area contributed by atoms with Gasteiger partial charge < -0.3 is 24.1 Å². The summed E-state index contributed by atoms with van der Waals surface area (Å²) in [5, 5.41) is 10.1. The Morgan fingerprint density at radius 3 is 2.07 bits per heavy atom. The van der Waals surface area contributed by atoms with Crippen molar-refractivity contribution in [2.75, 3.05) is 0 Å². The molecule has 1 aliphatic heterocycles. The molecule has 9 heteroatoms. The lowest BCUT2D eigenvalue weighted by Gasteiger charge is -2.49. The molecule has 306 valence electrons. The van der Waals surface area contributed by atoms with Gasteiger partial charge in [0.2, 0.25) is 0 Å². The van der Waals surface area contributed by atoms with Crippen LogP contribution in [-0.2, 0) is 43.7 Å². The summed E-state index contributed by atoms with van der Waals surface area (Å²) in [4.78, 5) is 57.8. The van der Waals surface area contributed by atoms with Crippen molar-refractivity contribution in [3.05, 3.63) is 65.7 Å². The van der Waals surface area contributed by atoms with E-state index in [2.05, 4.69) is 27.7 Å². The first kappa shape index (κ1) is 41.7. The molecule has 0 radical (unpaired) electrons. The third kappa shape index (κ3) is 7.37. The minimum atomic E-state index is -1.59. The molecule has 56 heavy (non-hydrogen) atoms. The van der Waals surface area contributed by atoms with Gasteiger partial charge >= 0.3 is 23.9 Å². The fourth-order valence-electron chi connectivity index (χ4n) is 10.4. The minimum Gasteiger partial charge on any atom is -0.508 e. The lowest BCUT2D eigenvalue weighted by atomic mass is 9.57. The highest BCUT2D eigenvalue weighted by atomic mass is 16.6. The maximum atomic E-state index is 15.3. The number of rotatable bonds is 14. The first-order chi connectivity index (χ1) is 26.1. The Morgan fingerprint density at radius 2 is 1.48 bits per heavy atom. The van der Waals surface area contributed by atoms with Gasteiger partial charge in [-0.1, -0.05) is 70.2 Å². The van der Waals surface area contributed by atoms with Crippen LogP contribution in [0.15, 0.2) is 54.6 Å². The van der Waals surface area contributed by atoms with E-state index in [9.17, 15) is 14.7 Å². The second-order valence-corrected chi connectivity index (χ2v) is 20.0. The molecule has 2 aromatic carbocycles. The average molecular weight is 773 g/mol. The summed E-state index contributed by atoms with van der Waals surface area (Å²) in [5.41, 5.74) is -4.80. The number of benzene rings is 2. The molecule has 0 aromatic heterocycles. The summed E-state index contributed by atoms with van der Waals surface area (Å²) in [5.74, 6) is -1.94. The molecular weight excluding hydrogens is 709 g/mol. The molecule has 0 amide bonds. The first-order valence-electron chi connectivity index (χ1n) is 20.8. The Labute approximate surface area is 333 Å². The highest BCUT2D eigenvalue weighted by molar-refractivity contribution is 5.89. The highest BCUT2D eigenvalue weighted by Crippen LogP contribution is 2.58. The monoisotopic (exact) mass is 772 g/mol. The van der Waals surface area contributed by atoms with Crippen LogP contribution in [0.1, 0.15) is 144 Å². The molecule has 2 bridgehead atoms. The van der Waals surface area contributed by atoms with E-state index in [1.54, 1.807) is 32.9 Å². The van der Waals surface area contributed by atoms with E-state index in [-0.39, 0.29) is 47.2 Å². The van der Waals surface area contributed by atoms with Crippen LogP contribution >= 0.6 is 0 Å². The topological polar surface area (TPSA) is 125 Å². The van der Waals surface area contributed by atoms with Crippen molar-refractivity contribution in [2.24, 2.45) is 39.4 Å². The molecule has 1 saturated heterocycles. The Hall–Kier alpha value is -3.88. The lowest BCUT2D eigenvalue weighted by molar-refractivity contribution is -0.205. The number of hydrogen-bond acceptors (Lipinski definition) is 9. The number of aromatic hydroxyl groups is 1. The van der Waals surface area contributed by atoms with E-state index in [1.165, 1.54) is 0 Å². The average Bonchev–Trinajstić information content (AvgIpc) is 3.91. The maximum Gasteiger partial charge on any atom is 0.313 e. The number of carbonyl (C=O) groups excluding carboxylic acids is 4. The highest BCUT2D eigenvalue weighted by Gasteiger charge is 2.66. The van der Waals surface area contributed by atoms with Crippen molar-refractivity contribution >= 4 is 23.9 Å². The normalized spacial score (nSPS) is 26.8. The van der Waals surface area contributed by atoms with Gasteiger partial charge in [-0.25, -0.2) is 0 Å². The summed E-state index contributed by atoms with van der Waals surface area (Å²) >= 11 is 0. The molecule has 3 saturated carbocycles. The summed E-state index contributed by atoms with van der Waals surface area (Å²) in [6, 6.07) is 16.6. The Balaban J connectivity index is 1.41. The molecule has 3 aliphatic carbocycles. The first-order valence-corrected chi connectivity index (χ1v) is 20.8. The smallest absolute Gasteiger partial charge is 0.313 e. The summed E-state index contributed by atoms with van der Waals surface area (Å²) < 4.78 is 25.4.